The molecule has 0 N–H and O–H groups in total. The Morgan fingerprint density at radius 1 is 0.969 bits per heavy atom. The number of likely N-dealkylation sites (N-methyl/N-ethyl adjacent to an activating group) is 1. The van der Waals surface area contributed by atoms with Crippen molar-refractivity contribution in [3.63, 3.8) is 0 Å². The minimum atomic E-state index is 0.648. The van der Waals surface area contributed by atoms with Gasteiger partial charge in [-0.25, -0.2) is 4.68 Å². The Balaban J connectivity index is 1.52. The molecule has 2 aromatic heterocycles. The van der Waals surface area contributed by atoms with Gasteiger partial charge in [0.1, 0.15) is 11.6 Å². The lowest BCUT2D eigenvalue weighted by atomic mass is 10.1. The molecule has 1 aromatic carbocycles. The maximum Gasteiger partial charge on any atom is 0.137 e. The van der Waals surface area contributed by atoms with E-state index in [-0.39, 0.29) is 0 Å². The zero-order valence-electron chi connectivity index (χ0n) is 19.4. The number of hydrogen-bond acceptors (Lipinski definition) is 5. The van der Waals surface area contributed by atoms with Crippen LogP contribution in [0, 0.1) is 0 Å². The van der Waals surface area contributed by atoms with Gasteiger partial charge in [-0.3, -0.25) is 4.90 Å². The molecule has 1 saturated carbocycles. The Morgan fingerprint density at radius 2 is 1.75 bits per heavy atom. The van der Waals surface area contributed by atoms with E-state index in [2.05, 4.69) is 69.6 Å². The lowest BCUT2D eigenvalue weighted by molar-refractivity contribution is 0.224. The molecular formula is C26H35N5O. The van der Waals surface area contributed by atoms with Crippen LogP contribution < -0.4 is 4.90 Å². The third kappa shape index (κ3) is 4.48. The summed E-state index contributed by atoms with van der Waals surface area (Å²) in [7, 11) is 0. The van der Waals surface area contributed by atoms with Crippen LogP contribution in [0.2, 0.25) is 0 Å². The fraction of sp³-hybridized carbons (Fsp3) is 0.500. The Kier molecular flexibility index (Phi) is 6.32. The largest absolute Gasteiger partial charge is 0.468 e. The van der Waals surface area contributed by atoms with Gasteiger partial charge >= 0.3 is 0 Å². The lowest BCUT2D eigenvalue weighted by Crippen LogP contribution is -2.47. The van der Waals surface area contributed by atoms with Crippen molar-refractivity contribution in [3.05, 3.63) is 65.7 Å². The number of anilines is 1. The molecule has 1 saturated heterocycles. The average Bonchev–Trinajstić information content (AvgIpc) is 3.44. The molecule has 2 fully saturated rings. The van der Waals surface area contributed by atoms with Crippen LogP contribution >= 0.6 is 0 Å². The molecule has 1 aliphatic carbocycles. The summed E-state index contributed by atoms with van der Waals surface area (Å²) in [5.41, 5.74) is 3.75. The van der Waals surface area contributed by atoms with E-state index < -0.39 is 0 Å². The number of nitrogens with zero attached hydrogens (tertiary/aromatic N) is 5. The maximum absolute atomic E-state index is 5.70. The van der Waals surface area contributed by atoms with Gasteiger partial charge in [-0.1, -0.05) is 32.0 Å². The van der Waals surface area contributed by atoms with Gasteiger partial charge in [0, 0.05) is 44.3 Å². The van der Waals surface area contributed by atoms with E-state index in [0.29, 0.717) is 6.04 Å². The van der Waals surface area contributed by atoms with Crippen LogP contribution in [0.3, 0.4) is 0 Å². The molecule has 5 rings (SSSR count). The molecule has 3 heterocycles. The molecule has 0 spiro atoms. The van der Waals surface area contributed by atoms with Gasteiger partial charge in [0.2, 0.25) is 0 Å². The first-order valence-electron chi connectivity index (χ1n) is 12.2. The summed E-state index contributed by atoms with van der Waals surface area (Å²) in [6.45, 7) is 11.7. The molecule has 1 aliphatic heterocycles. The van der Waals surface area contributed by atoms with Gasteiger partial charge in [0.25, 0.3) is 0 Å². The summed E-state index contributed by atoms with van der Waals surface area (Å²) in [6.07, 6.45) is 5.28. The van der Waals surface area contributed by atoms with Crippen LogP contribution in [0.4, 0.5) is 5.82 Å². The summed E-state index contributed by atoms with van der Waals surface area (Å²) < 4.78 is 7.91. The van der Waals surface area contributed by atoms with Gasteiger partial charge in [-0.05, 0) is 50.1 Å². The van der Waals surface area contributed by atoms with Crippen LogP contribution in [0.25, 0.3) is 5.69 Å². The number of aromatic nitrogens is 2. The summed E-state index contributed by atoms with van der Waals surface area (Å²) in [5.74, 6) is 2.33. The normalized spacial score (nSPS) is 17.4. The summed E-state index contributed by atoms with van der Waals surface area (Å²) in [5, 5.41) is 5.15. The molecule has 0 atom stereocenters. The molecule has 6 heteroatoms. The second-order valence-corrected chi connectivity index (χ2v) is 8.99. The Hall–Kier alpha value is -2.57. The van der Waals surface area contributed by atoms with E-state index in [1.807, 2.05) is 6.07 Å². The minimum absolute atomic E-state index is 0.648. The van der Waals surface area contributed by atoms with Gasteiger partial charge in [0.05, 0.1) is 24.2 Å². The third-order valence-corrected chi connectivity index (χ3v) is 6.86. The predicted molar refractivity (Wildman–Crippen MR) is 128 cm³/mol. The van der Waals surface area contributed by atoms with Crippen LogP contribution in [0.1, 0.15) is 43.7 Å². The van der Waals surface area contributed by atoms with Crippen molar-refractivity contribution in [2.24, 2.45) is 0 Å². The molecule has 170 valence electrons. The Labute approximate surface area is 191 Å². The third-order valence-electron chi connectivity index (χ3n) is 6.86. The van der Waals surface area contributed by atoms with Gasteiger partial charge in [0.15, 0.2) is 0 Å². The molecule has 6 nitrogen and oxygen atoms in total. The first-order valence-corrected chi connectivity index (χ1v) is 12.2. The van der Waals surface area contributed by atoms with E-state index in [1.54, 1.807) is 6.26 Å². The number of rotatable bonds is 9. The number of piperazine rings is 1. The number of aryl methyl sites for hydroxylation is 1. The van der Waals surface area contributed by atoms with Gasteiger partial charge in [-0.15, -0.1) is 0 Å². The van der Waals surface area contributed by atoms with Crippen molar-refractivity contribution in [1.29, 1.82) is 0 Å². The van der Waals surface area contributed by atoms with Crippen molar-refractivity contribution in [2.75, 3.05) is 37.6 Å². The number of hydrogen-bond donors (Lipinski definition) is 0. The Bertz CT molecular complexity index is 985. The van der Waals surface area contributed by atoms with Crippen LogP contribution in [0.5, 0.6) is 0 Å². The smallest absolute Gasteiger partial charge is 0.137 e. The minimum Gasteiger partial charge on any atom is -0.468 e. The zero-order chi connectivity index (χ0) is 21.9. The predicted octanol–water partition coefficient (Wildman–Crippen LogP) is 4.33. The number of para-hydroxylation sites is 1. The fourth-order valence-electron chi connectivity index (χ4n) is 4.84. The molecular weight excluding hydrogens is 398 g/mol. The Morgan fingerprint density at radius 3 is 2.38 bits per heavy atom. The van der Waals surface area contributed by atoms with Crippen molar-refractivity contribution < 1.29 is 4.42 Å². The molecule has 0 amide bonds. The van der Waals surface area contributed by atoms with Gasteiger partial charge < -0.3 is 14.2 Å². The highest BCUT2D eigenvalue weighted by Gasteiger charge is 2.33. The molecule has 2 aliphatic rings. The fourth-order valence-corrected chi connectivity index (χ4v) is 4.84. The standard InChI is InChI=1S/C26H35N5O/c1-3-25-24(20-30(21-12-13-21)19-23-11-8-18-32-23)26(29-16-14-28(4-2)15-17-29)31(27-25)22-9-6-5-7-10-22/h5-11,18,21H,3-4,12-17,19-20H2,1-2H3. The molecule has 0 radical (unpaired) electrons. The number of benzene rings is 1. The zero-order valence-corrected chi connectivity index (χ0v) is 19.4. The van der Waals surface area contributed by atoms with Crippen LogP contribution in [-0.4, -0.2) is 58.3 Å². The average molecular weight is 434 g/mol. The van der Waals surface area contributed by atoms with E-state index in [1.165, 1.54) is 29.9 Å². The van der Waals surface area contributed by atoms with Crippen molar-refractivity contribution in [3.8, 4) is 5.69 Å². The first-order chi connectivity index (χ1) is 15.8. The van der Waals surface area contributed by atoms with E-state index in [0.717, 1.165) is 63.7 Å². The van der Waals surface area contributed by atoms with E-state index >= 15 is 0 Å². The van der Waals surface area contributed by atoms with Crippen molar-refractivity contribution >= 4 is 5.82 Å². The van der Waals surface area contributed by atoms with Crippen LogP contribution in [-0.2, 0) is 19.5 Å². The monoisotopic (exact) mass is 433 g/mol. The maximum atomic E-state index is 5.70. The molecule has 0 bridgehead atoms. The summed E-state index contributed by atoms with van der Waals surface area (Å²) >= 11 is 0. The van der Waals surface area contributed by atoms with Crippen molar-refractivity contribution in [1.82, 2.24) is 19.6 Å². The lowest BCUT2D eigenvalue weighted by Gasteiger charge is -2.36. The second kappa shape index (κ2) is 9.51. The molecule has 3 aromatic rings. The van der Waals surface area contributed by atoms with Crippen molar-refractivity contribution in [2.45, 2.75) is 52.2 Å². The van der Waals surface area contributed by atoms with E-state index in [9.17, 15) is 0 Å². The highest BCUT2D eigenvalue weighted by molar-refractivity contribution is 5.56. The van der Waals surface area contributed by atoms with Crippen LogP contribution in [0.15, 0.2) is 53.1 Å². The molecule has 0 unspecified atom stereocenters. The highest BCUT2D eigenvalue weighted by Crippen LogP contribution is 2.35. The van der Waals surface area contributed by atoms with E-state index in [4.69, 9.17) is 9.52 Å². The highest BCUT2D eigenvalue weighted by atomic mass is 16.3. The topological polar surface area (TPSA) is 40.7 Å². The number of furan rings is 1. The second-order valence-electron chi connectivity index (χ2n) is 8.99. The quantitative estimate of drug-likeness (QED) is 0.502. The SMILES string of the molecule is CCc1nn(-c2ccccc2)c(N2CCN(CC)CC2)c1CN(Cc1ccco1)C1CC1. The first kappa shape index (κ1) is 21.3. The van der Waals surface area contributed by atoms with Gasteiger partial charge in [-0.2, -0.15) is 5.10 Å². The summed E-state index contributed by atoms with van der Waals surface area (Å²) in [6, 6.07) is 15.4. The molecule has 32 heavy (non-hydrogen) atoms. The summed E-state index contributed by atoms with van der Waals surface area (Å²) in [4.78, 5) is 7.70.